The third kappa shape index (κ3) is 0.958. The van der Waals surface area contributed by atoms with Gasteiger partial charge in [0, 0.05) is 11.1 Å². The van der Waals surface area contributed by atoms with Crippen molar-refractivity contribution in [3.8, 4) is 0 Å². The van der Waals surface area contributed by atoms with Crippen LogP contribution >= 0.6 is 0 Å². The molecule has 1 aliphatic carbocycles. The molecule has 0 fully saturated rings. The molecule has 2 aliphatic rings. The predicted octanol–water partition coefficient (Wildman–Crippen LogP) is -2.28. The van der Waals surface area contributed by atoms with Gasteiger partial charge in [-0.05, 0) is 11.6 Å². The number of aliphatic carboxylic acids is 1. The normalized spacial score (nSPS) is 14.6. The van der Waals surface area contributed by atoms with Gasteiger partial charge in [0.05, 0.1) is 11.7 Å². The van der Waals surface area contributed by atoms with Gasteiger partial charge in [-0.1, -0.05) is 12.1 Å². The second-order valence-corrected chi connectivity index (χ2v) is 2.91. The van der Waals surface area contributed by atoms with Gasteiger partial charge in [0.1, 0.15) is 5.70 Å². The first kappa shape index (κ1) is 9.58. The molecule has 14 heavy (non-hydrogen) atoms. The molecule has 0 bridgehead atoms. The van der Waals surface area contributed by atoms with E-state index in [0.29, 0.717) is 11.3 Å². The van der Waals surface area contributed by atoms with Gasteiger partial charge in [0.15, 0.2) is 0 Å². The Bertz CT molecular complexity index is 506. The number of carbonyl (C=O) groups excluding carboxylic acids is 1. The standard InChI is InChI=1S/C9H4N2O2.Na/c12-9(13)7-4-2-1-3-5-6(4)8(7)11-10-5;/h1-3H,(H,12,13);/q;+1/p-1. The molecule has 1 aromatic carbocycles. The summed E-state index contributed by atoms with van der Waals surface area (Å²) in [5.74, 6) is -1.18. The molecule has 0 saturated heterocycles. The monoisotopic (exact) mass is 194 g/mol. The number of carbonyl (C=O) groups is 1. The minimum Gasteiger partial charge on any atom is -0.545 e. The fourth-order valence-electron chi connectivity index (χ4n) is 1.68. The van der Waals surface area contributed by atoms with E-state index in [2.05, 4.69) is 10.2 Å². The van der Waals surface area contributed by atoms with Crippen LogP contribution in [-0.2, 0) is 4.79 Å². The summed E-state index contributed by atoms with van der Waals surface area (Å²) < 4.78 is 0. The number of hydrogen-bond acceptors (Lipinski definition) is 4. The van der Waals surface area contributed by atoms with Crippen molar-refractivity contribution in [3.63, 3.8) is 0 Å². The summed E-state index contributed by atoms with van der Waals surface area (Å²) in [6.07, 6.45) is 0. The molecule has 62 valence electrons. The zero-order chi connectivity index (χ0) is 9.00. The summed E-state index contributed by atoms with van der Waals surface area (Å²) in [5, 5.41) is 18.3. The van der Waals surface area contributed by atoms with Crippen molar-refractivity contribution < 1.29 is 39.5 Å². The van der Waals surface area contributed by atoms with Crippen molar-refractivity contribution in [2.45, 2.75) is 0 Å². The maximum Gasteiger partial charge on any atom is 1.00 e. The first-order valence-electron chi connectivity index (χ1n) is 3.80. The Morgan fingerprint density at radius 1 is 1.29 bits per heavy atom. The molecule has 0 atom stereocenters. The smallest absolute Gasteiger partial charge is 0.545 e. The molecule has 1 heterocycles. The molecular formula is C9H3N2NaO2. The van der Waals surface area contributed by atoms with Crippen LogP contribution in [-0.4, -0.2) is 5.97 Å². The fraction of sp³-hybridized carbons (Fsp3) is 0. The van der Waals surface area contributed by atoms with E-state index in [1.807, 2.05) is 0 Å². The van der Waals surface area contributed by atoms with Crippen LogP contribution in [0.2, 0.25) is 0 Å². The number of hydrogen-bond donors (Lipinski definition) is 0. The van der Waals surface area contributed by atoms with Gasteiger partial charge in [-0.15, -0.1) is 10.2 Å². The van der Waals surface area contributed by atoms with Crippen molar-refractivity contribution in [2.24, 2.45) is 10.2 Å². The molecule has 0 N–H and O–H groups in total. The zero-order valence-corrected chi connectivity index (χ0v) is 9.44. The van der Waals surface area contributed by atoms with E-state index >= 15 is 0 Å². The topological polar surface area (TPSA) is 64.8 Å². The van der Waals surface area contributed by atoms with Crippen LogP contribution in [0.15, 0.2) is 28.4 Å². The van der Waals surface area contributed by atoms with Crippen molar-refractivity contribution in [1.82, 2.24) is 0 Å². The molecule has 0 saturated carbocycles. The molecule has 0 spiro atoms. The molecule has 0 aromatic heterocycles. The van der Waals surface area contributed by atoms with Gasteiger partial charge >= 0.3 is 29.6 Å². The van der Waals surface area contributed by atoms with Crippen molar-refractivity contribution >= 4 is 22.9 Å². The first-order chi connectivity index (χ1) is 6.29. The Balaban J connectivity index is 0.000000750. The van der Waals surface area contributed by atoms with E-state index in [0.717, 1.165) is 11.3 Å². The summed E-state index contributed by atoms with van der Waals surface area (Å²) in [5.41, 5.74) is 2.93. The van der Waals surface area contributed by atoms with E-state index in [-0.39, 0.29) is 35.1 Å². The zero-order valence-electron chi connectivity index (χ0n) is 7.44. The number of benzene rings is 1. The summed E-state index contributed by atoms with van der Waals surface area (Å²) >= 11 is 0. The molecule has 0 radical (unpaired) electrons. The van der Waals surface area contributed by atoms with Crippen molar-refractivity contribution in [1.29, 1.82) is 0 Å². The maximum absolute atomic E-state index is 10.7. The molecule has 0 amide bonds. The van der Waals surface area contributed by atoms with Crippen LogP contribution in [0.1, 0.15) is 11.1 Å². The summed E-state index contributed by atoms with van der Waals surface area (Å²) in [4.78, 5) is 10.7. The van der Waals surface area contributed by atoms with Gasteiger partial charge in [0.2, 0.25) is 0 Å². The SMILES string of the molecule is O=C([O-])C1=C2N=Nc3cccc1c32.[Na+]. The van der Waals surface area contributed by atoms with Gasteiger partial charge in [-0.25, -0.2) is 0 Å². The van der Waals surface area contributed by atoms with Crippen LogP contribution in [0.3, 0.4) is 0 Å². The minimum absolute atomic E-state index is 0. The predicted molar refractivity (Wildman–Crippen MR) is 42.8 cm³/mol. The van der Waals surface area contributed by atoms with E-state index in [4.69, 9.17) is 0 Å². The number of carboxylic acids is 1. The summed E-state index contributed by atoms with van der Waals surface area (Å²) in [6, 6.07) is 5.31. The Hall–Kier alpha value is -0.970. The first-order valence-corrected chi connectivity index (χ1v) is 3.80. The van der Waals surface area contributed by atoms with Gasteiger partial charge in [0.25, 0.3) is 0 Å². The van der Waals surface area contributed by atoms with E-state index in [9.17, 15) is 9.90 Å². The number of carboxylic acid groups (broad SMARTS) is 1. The third-order valence-electron chi connectivity index (χ3n) is 2.25. The molecule has 1 aliphatic heterocycles. The largest absolute Gasteiger partial charge is 1.00 e. The van der Waals surface area contributed by atoms with Crippen LogP contribution in [0.25, 0.3) is 11.3 Å². The number of azo groups is 1. The summed E-state index contributed by atoms with van der Waals surface area (Å²) in [7, 11) is 0. The average molecular weight is 194 g/mol. The Kier molecular flexibility index (Phi) is 2.06. The second kappa shape index (κ2) is 3.02. The van der Waals surface area contributed by atoms with Crippen molar-refractivity contribution in [2.75, 3.05) is 0 Å². The summed E-state index contributed by atoms with van der Waals surface area (Å²) in [6.45, 7) is 0. The molecular weight excluding hydrogens is 191 g/mol. The fourth-order valence-corrected chi connectivity index (χ4v) is 1.68. The average Bonchev–Trinajstić information content (AvgIpc) is 2.43. The maximum atomic E-state index is 10.7. The van der Waals surface area contributed by atoms with Gasteiger partial charge in [-0.3, -0.25) is 0 Å². The Morgan fingerprint density at radius 3 is 2.79 bits per heavy atom. The molecule has 4 nitrogen and oxygen atoms in total. The van der Waals surface area contributed by atoms with Crippen LogP contribution in [0.5, 0.6) is 0 Å². The van der Waals surface area contributed by atoms with Crippen LogP contribution in [0.4, 0.5) is 5.69 Å². The van der Waals surface area contributed by atoms with Crippen molar-refractivity contribution in [3.05, 3.63) is 29.3 Å². The Morgan fingerprint density at radius 2 is 2.07 bits per heavy atom. The third-order valence-corrected chi connectivity index (χ3v) is 2.25. The number of rotatable bonds is 1. The molecule has 0 unspecified atom stereocenters. The van der Waals surface area contributed by atoms with Gasteiger partial charge < -0.3 is 9.90 Å². The van der Waals surface area contributed by atoms with Crippen LogP contribution in [0, 0.1) is 0 Å². The van der Waals surface area contributed by atoms with Gasteiger partial charge in [-0.2, -0.15) is 0 Å². The van der Waals surface area contributed by atoms with Crippen LogP contribution < -0.4 is 34.7 Å². The second-order valence-electron chi connectivity index (χ2n) is 2.91. The van der Waals surface area contributed by atoms with E-state index in [1.54, 1.807) is 18.2 Å². The molecule has 3 rings (SSSR count). The quantitative estimate of drug-likeness (QED) is 0.473. The molecule has 1 aromatic rings. The van der Waals surface area contributed by atoms with E-state index < -0.39 is 5.97 Å². The molecule has 5 heteroatoms. The van der Waals surface area contributed by atoms with E-state index in [1.165, 1.54) is 0 Å². The minimum atomic E-state index is -1.18. The number of nitrogens with zero attached hydrogens (tertiary/aromatic N) is 2. The Labute approximate surface area is 102 Å².